The molecular weight excluding hydrogens is 407 g/mol. The molecule has 2 aromatic carbocycles. The van der Waals surface area contributed by atoms with Crippen LogP contribution in [0.5, 0.6) is 0 Å². The highest BCUT2D eigenvalue weighted by Crippen LogP contribution is 2.19. The molecule has 1 aliphatic heterocycles. The average molecular weight is 428 g/mol. The Hall–Kier alpha value is -2.43. The number of nitrogens with one attached hydrogen (secondary N) is 2. The van der Waals surface area contributed by atoms with Crippen molar-refractivity contribution < 1.29 is 31.3 Å². The minimum Gasteiger partial charge on any atom is -0.325 e. The first-order chi connectivity index (χ1) is 13.7. The first-order valence-corrected chi connectivity index (χ1v) is 10.5. The summed E-state index contributed by atoms with van der Waals surface area (Å²) < 4.78 is 66.6. The Balaban J connectivity index is 1.56. The lowest BCUT2D eigenvalue weighted by molar-refractivity contribution is -0.895. The fourth-order valence-electron chi connectivity index (χ4n) is 3.12. The molecule has 0 aliphatic carbocycles. The van der Waals surface area contributed by atoms with Crippen molar-refractivity contribution in [2.24, 2.45) is 0 Å². The first kappa shape index (κ1) is 21.3. The third kappa shape index (κ3) is 4.77. The third-order valence-corrected chi connectivity index (χ3v) is 6.72. The number of hydrogen-bond acceptors (Lipinski definition) is 3. The highest BCUT2D eigenvalue weighted by molar-refractivity contribution is 7.89. The van der Waals surface area contributed by atoms with Crippen molar-refractivity contribution in [3.63, 3.8) is 0 Å². The standard InChI is InChI=1S/C19H20F3N3O3S/c1-13-2-4-14(5-3-13)29(27,28)25-10-8-24(9-11-25)12-17(26)23-16-7-6-15(20)18(21)19(16)22/h2-7H,8-12H2,1H3,(H,23,26)/p+1. The smallest absolute Gasteiger partial charge is 0.279 e. The number of piperazine rings is 1. The predicted molar refractivity (Wildman–Crippen MR) is 100 cm³/mol. The molecule has 1 amide bonds. The van der Waals surface area contributed by atoms with Crippen LogP contribution in [0.15, 0.2) is 41.3 Å². The molecule has 2 aromatic rings. The van der Waals surface area contributed by atoms with Crippen molar-refractivity contribution in [3.8, 4) is 0 Å². The van der Waals surface area contributed by atoms with E-state index < -0.39 is 39.1 Å². The minimum atomic E-state index is -3.60. The molecule has 1 fully saturated rings. The van der Waals surface area contributed by atoms with Gasteiger partial charge in [0.05, 0.1) is 36.8 Å². The topological polar surface area (TPSA) is 70.9 Å². The molecule has 1 heterocycles. The van der Waals surface area contributed by atoms with Crippen molar-refractivity contribution >= 4 is 21.6 Å². The van der Waals surface area contributed by atoms with E-state index in [1.165, 1.54) is 4.31 Å². The second-order valence-electron chi connectivity index (χ2n) is 6.92. The molecule has 0 bridgehead atoms. The fraction of sp³-hybridized carbons (Fsp3) is 0.316. The monoisotopic (exact) mass is 428 g/mol. The van der Waals surface area contributed by atoms with Crippen molar-refractivity contribution in [2.45, 2.75) is 11.8 Å². The number of rotatable bonds is 5. The Bertz CT molecular complexity index is 1010. The molecule has 0 aromatic heterocycles. The van der Waals surface area contributed by atoms with Crippen LogP contribution in [0.3, 0.4) is 0 Å². The van der Waals surface area contributed by atoms with Gasteiger partial charge in [0.2, 0.25) is 10.0 Å². The molecule has 1 saturated heterocycles. The summed E-state index contributed by atoms with van der Waals surface area (Å²) in [6.07, 6.45) is 0. The van der Waals surface area contributed by atoms with Gasteiger partial charge in [0.1, 0.15) is 0 Å². The highest BCUT2D eigenvalue weighted by atomic mass is 32.2. The summed E-state index contributed by atoms with van der Waals surface area (Å²) in [6.45, 7) is 3.07. The van der Waals surface area contributed by atoms with Gasteiger partial charge in [0.25, 0.3) is 5.91 Å². The summed E-state index contributed by atoms with van der Waals surface area (Å²) in [5, 5.41) is 2.22. The SMILES string of the molecule is Cc1ccc(S(=O)(=O)N2CC[NH+](CC(=O)Nc3ccc(F)c(F)c3F)CC2)cc1. The summed E-state index contributed by atoms with van der Waals surface area (Å²) in [6, 6.07) is 8.27. The van der Waals surface area contributed by atoms with Crippen LogP contribution in [0.2, 0.25) is 0 Å². The average Bonchev–Trinajstić information content (AvgIpc) is 2.69. The zero-order valence-electron chi connectivity index (χ0n) is 15.7. The van der Waals surface area contributed by atoms with Gasteiger partial charge in [-0.25, -0.2) is 21.6 Å². The number of amides is 1. The number of quaternary nitrogens is 1. The Morgan fingerprint density at radius 1 is 1.03 bits per heavy atom. The van der Waals surface area contributed by atoms with Gasteiger partial charge >= 0.3 is 0 Å². The Morgan fingerprint density at radius 3 is 2.28 bits per heavy atom. The highest BCUT2D eigenvalue weighted by Gasteiger charge is 2.31. The Kier molecular flexibility index (Phi) is 6.25. The van der Waals surface area contributed by atoms with Crippen LogP contribution in [0, 0.1) is 24.4 Å². The van der Waals surface area contributed by atoms with Crippen LogP contribution < -0.4 is 10.2 Å². The molecule has 0 unspecified atom stereocenters. The van der Waals surface area contributed by atoms with E-state index in [2.05, 4.69) is 5.32 Å². The van der Waals surface area contributed by atoms with Gasteiger partial charge in [-0.15, -0.1) is 0 Å². The van der Waals surface area contributed by atoms with Gasteiger partial charge in [-0.05, 0) is 31.2 Å². The summed E-state index contributed by atoms with van der Waals surface area (Å²) >= 11 is 0. The minimum absolute atomic E-state index is 0.0448. The van der Waals surface area contributed by atoms with E-state index in [4.69, 9.17) is 0 Å². The summed E-state index contributed by atoms with van der Waals surface area (Å²) in [7, 11) is -3.60. The van der Waals surface area contributed by atoms with Crippen LogP contribution in [0.4, 0.5) is 18.9 Å². The normalized spacial score (nSPS) is 16.0. The Labute approximate surface area is 167 Å². The number of carbonyl (C=O) groups is 1. The number of hydrogen-bond donors (Lipinski definition) is 2. The van der Waals surface area contributed by atoms with E-state index >= 15 is 0 Å². The fourth-order valence-corrected chi connectivity index (χ4v) is 4.56. The van der Waals surface area contributed by atoms with Gasteiger partial charge in [0, 0.05) is 0 Å². The van der Waals surface area contributed by atoms with Crippen molar-refractivity contribution in [3.05, 3.63) is 59.4 Å². The molecule has 29 heavy (non-hydrogen) atoms. The van der Waals surface area contributed by atoms with E-state index in [0.717, 1.165) is 22.6 Å². The predicted octanol–water partition coefficient (Wildman–Crippen LogP) is 0.940. The Morgan fingerprint density at radius 2 is 1.66 bits per heavy atom. The number of halogens is 3. The van der Waals surface area contributed by atoms with Gasteiger partial charge < -0.3 is 10.2 Å². The van der Waals surface area contributed by atoms with Gasteiger partial charge in [-0.2, -0.15) is 4.31 Å². The number of anilines is 1. The molecule has 156 valence electrons. The molecular formula is C19H21F3N3O3S+. The summed E-state index contributed by atoms with van der Waals surface area (Å²) in [5.41, 5.74) is 0.524. The summed E-state index contributed by atoms with van der Waals surface area (Å²) in [4.78, 5) is 13.1. The maximum Gasteiger partial charge on any atom is 0.279 e. The number of benzene rings is 2. The van der Waals surface area contributed by atoms with E-state index in [1.54, 1.807) is 24.3 Å². The largest absolute Gasteiger partial charge is 0.325 e. The second kappa shape index (κ2) is 8.52. The van der Waals surface area contributed by atoms with Crippen LogP contribution in [-0.4, -0.2) is 51.4 Å². The molecule has 1 aliphatic rings. The molecule has 0 saturated carbocycles. The number of carbonyl (C=O) groups excluding carboxylic acids is 1. The lowest BCUT2D eigenvalue weighted by Crippen LogP contribution is -3.15. The van der Waals surface area contributed by atoms with Crippen molar-refractivity contribution in [1.82, 2.24) is 4.31 Å². The summed E-state index contributed by atoms with van der Waals surface area (Å²) in [5.74, 6) is -5.01. The van der Waals surface area contributed by atoms with Crippen LogP contribution in [-0.2, 0) is 14.8 Å². The molecule has 3 rings (SSSR count). The number of nitrogens with zero attached hydrogens (tertiary/aromatic N) is 1. The second-order valence-corrected chi connectivity index (χ2v) is 8.85. The molecule has 0 spiro atoms. The zero-order valence-corrected chi connectivity index (χ0v) is 16.5. The van der Waals surface area contributed by atoms with Gasteiger partial charge in [-0.3, -0.25) is 4.79 Å². The van der Waals surface area contributed by atoms with Crippen molar-refractivity contribution in [1.29, 1.82) is 0 Å². The van der Waals surface area contributed by atoms with E-state index in [1.807, 2.05) is 6.92 Å². The molecule has 10 heteroatoms. The molecule has 0 radical (unpaired) electrons. The van der Waals surface area contributed by atoms with E-state index in [9.17, 15) is 26.4 Å². The number of aryl methyl sites for hydroxylation is 1. The molecule has 6 nitrogen and oxygen atoms in total. The van der Waals surface area contributed by atoms with E-state index in [0.29, 0.717) is 13.1 Å². The van der Waals surface area contributed by atoms with Crippen molar-refractivity contribution in [2.75, 3.05) is 38.0 Å². The van der Waals surface area contributed by atoms with Gasteiger partial charge in [0.15, 0.2) is 24.0 Å². The van der Waals surface area contributed by atoms with Crippen LogP contribution in [0.25, 0.3) is 0 Å². The van der Waals surface area contributed by atoms with Gasteiger partial charge in [-0.1, -0.05) is 17.7 Å². The maximum atomic E-state index is 13.7. The molecule has 0 atom stereocenters. The molecule has 2 N–H and O–H groups in total. The zero-order chi connectivity index (χ0) is 21.2. The maximum absolute atomic E-state index is 13.7. The van der Waals surface area contributed by atoms with Crippen LogP contribution in [0.1, 0.15) is 5.56 Å². The van der Waals surface area contributed by atoms with Crippen LogP contribution >= 0.6 is 0 Å². The third-order valence-electron chi connectivity index (χ3n) is 4.81. The van der Waals surface area contributed by atoms with E-state index in [-0.39, 0.29) is 24.5 Å². The lowest BCUT2D eigenvalue weighted by Gasteiger charge is -2.31. The first-order valence-electron chi connectivity index (χ1n) is 9.02. The quantitative estimate of drug-likeness (QED) is 0.697. The lowest BCUT2D eigenvalue weighted by atomic mass is 10.2. The number of sulfonamides is 1.